The monoisotopic (exact) mass is 327 g/mol. The number of carbonyl (C=O) groups excluding carboxylic acids is 1. The van der Waals surface area contributed by atoms with E-state index in [1.807, 2.05) is 12.1 Å². The number of rotatable bonds is 4. The summed E-state index contributed by atoms with van der Waals surface area (Å²) in [5, 5.41) is 2.78. The number of nitrogens with one attached hydrogen (secondary N) is 2. The highest BCUT2D eigenvalue weighted by atomic mass is 16.2. The third-order valence-electron chi connectivity index (χ3n) is 4.14. The van der Waals surface area contributed by atoms with Crippen LogP contribution in [0.3, 0.4) is 0 Å². The molecule has 1 saturated heterocycles. The molecule has 24 heavy (non-hydrogen) atoms. The molecule has 0 aromatic carbocycles. The number of hydrogen-bond donors (Lipinski definition) is 2. The summed E-state index contributed by atoms with van der Waals surface area (Å²) in [5.41, 5.74) is 1.32. The lowest BCUT2D eigenvalue weighted by Gasteiger charge is -2.16. The number of H-pyrrole nitrogens is 1. The van der Waals surface area contributed by atoms with E-state index in [-0.39, 0.29) is 17.9 Å². The van der Waals surface area contributed by atoms with Gasteiger partial charge in [-0.25, -0.2) is 9.97 Å². The lowest BCUT2D eigenvalue weighted by Crippen LogP contribution is -2.24. The van der Waals surface area contributed by atoms with Gasteiger partial charge < -0.3 is 15.2 Å². The minimum absolute atomic E-state index is 0.0116. The summed E-state index contributed by atoms with van der Waals surface area (Å²) >= 11 is 0. The fraction of sp³-hybridized carbons (Fsp3) is 0.412. The topological polar surface area (TPSA) is 91.0 Å². The van der Waals surface area contributed by atoms with E-state index < -0.39 is 0 Å². The molecule has 3 rings (SSSR count). The van der Waals surface area contributed by atoms with Gasteiger partial charge in [0.2, 0.25) is 5.91 Å². The minimum Gasteiger partial charge on any atom is -0.357 e. The van der Waals surface area contributed by atoms with Gasteiger partial charge in [0.05, 0.1) is 18.3 Å². The number of hydrogen-bond acceptors (Lipinski definition) is 5. The smallest absolute Gasteiger partial charge is 0.254 e. The Balaban J connectivity index is 1.66. The van der Waals surface area contributed by atoms with Crippen LogP contribution in [0.5, 0.6) is 0 Å². The van der Waals surface area contributed by atoms with Crippen LogP contribution in [0.15, 0.2) is 23.1 Å². The molecule has 7 heteroatoms. The zero-order valence-electron chi connectivity index (χ0n) is 13.9. The van der Waals surface area contributed by atoms with Crippen LogP contribution in [0.1, 0.15) is 29.9 Å². The van der Waals surface area contributed by atoms with E-state index in [4.69, 9.17) is 0 Å². The van der Waals surface area contributed by atoms with Crippen molar-refractivity contribution in [3.05, 3.63) is 45.8 Å². The maximum Gasteiger partial charge on any atom is 0.254 e. The molecule has 2 aromatic heterocycles. The molecular formula is C17H21N5O2. The summed E-state index contributed by atoms with van der Waals surface area (Å²) < 4.78 is 0. The van der Waals surface area contributed by atoms with Gasteiger partial charge in [-0.3, -0.25) is 9.59 Å². The Morgan fingerprint density at radius 2 is 2.04 bits per heavy atom. The maximum atomic E-state index is 12.2. The van der Waals surface area contributed by atoms with Crippen molar-refractivity contribution in [1.29, 1.82) is 0 Å². The van der Waals surface area contributed by atoms with E-state index in [2.05, 4.69) is 25.2 Å². The van der Waals surface area contributed by atoms with E-state index in [0.717, 1.165) is 18.9 Å². The Morgan fingerprint density at radius 1 is 1.29 bits per heavy atom. The molecule has 1 fully saturated rings. The molecular weight excluding hydrogens is 306 g/mol. The van der Waals surface area contributed by atoms with Crippen LogP contribution >= 0.6 is 0 Å². The van der Waals surface area contributed by atoms with Gasteiger partial charge in [-0.05, 0) is 38.8 Å². The molecule has 2 aromatic rings. The molecule has 0 unspecified atom stereocenters. The van der Waals surface area contributed by atoms with Crippen molar-refractivity contribution in [2.75, 3.05) is 23.3 Å². The summed E-state index contributed by atoms with van der Waals surface area (Å²) in [5.74, 6) is 1.22. The molecule has 2 N–H and O–H groups in total. The van der Waals surface area contributed by atoms with Gasteiger partial charge in [0.15, 0.2) is 0 Å². The van der Waals surface area contributed by atoms with Gasteiger partial charge in [0, 0.05) is 24.3 Å². The van der Waals surface area contributed by atoms with E-state index in [1.54, 1.807) is 20.0 Å². The number of carbonyl (C=O) groups is 1. The Bertz CT molecular complexity index is 792. The van der Waals surface area contributed by atoms with Gasteiger partial charge in [-0.15, -0.1) is 0 Å². The average Bonchev–Trinajstić information content (AvgIpc) is 3.06. The Labute approximate surface area is 140 Å². The Kier molecular flexibility index (Phi) is 4.59. The highest BCUT2D eigenvalue weighted by Crippen LogP contribution is 2.19. The molecule has 7 nitrogen and oxygen atoms in total. The largest absolute Gasteiger partial charge is 0.357 e. The van der Waals surface area contributed by atoms with Crippen molar-refractivity contribution in [3.63, 3.8) is 0 Å². The molecule has 1 aliphatic heterocycles. The number of anilines is 2. The van der Waals surface area contributed by atoms with Crippen molar-refractivity contribution < 1.29 is 4.79 Å². The van der Waals surface area contributed by atoms with Crippen molar-refractivity contribution in [2.45, 2.75) is 33.1 Å². The third-order valence-corrected chi connectivity index (χ3v) is 4.14. The van der Waals surface area contributed by atoms with Crippen LogP contribution in [-0.4, -0.2) is 33.9 Å². The molecule has 0 atom stereocenters. The second-order valence-corrected chi connectivity index (χ2v) is 6.04. The fourth-order valence-electron chi connectivity index (χ4n) is 2.92. The Hall–Kier alpha value is -2.70. The molecule has 126 valence electrons. The number of aromatic amines is 1. The van der Waals surface area contributed by atoms with E-state index in [9.17, 15) is 9.59 Å². The first-order chi connectivity index (χ1) is 11.5. The molecule has 0 saturated carbocycles. The maximum absolute atomic E-state index is 12.2. The zero-order valence-corrected chi connectivity index (χ0v) is 13.9. The molecule has 1 amide bonds. The summed E-state index contributed by atoms with van der Waals surface area (Å²) in [6, 6.07) is 3.75. The highest BCUT2D eigenvalue weighted by molar-refractivity contribution is 5.92. The van der Waals surface area contributed by atoms with Crippen LogP contribution in [0.25, 0.3) is 0 Å². The van der Waals surface area contributed by atoms with Gasteiger partial charge in [-0.1, -0.05) is 0 Å². The van der Waals surface area contributed by atoms with Crippen LogP contribution in [-0.2, 0) is 11.2 Å². The summed E-state index contributed by atoms with van der Waals surface area (Å²) in [4.78, 5) is 37.6. The van der Waals surface area contributed by atoms with E-state index >= 15 is 0 Å². The average molecular weight is 327 g/mol. The fourth-order valence-corrected chi connectivity index (χ4v) is 2.92. The van der Waals surface area contributed by atoms with Gasteiger partial charge in [0.1, 0.15) is 11.6 Å². The Morgan fingerprint density at radius 3 is 2.67 bits per heavy atom. The molecule has 3 heterocycles. The molecule has 0 spiro atoms. The number of aryl methyl sites for hydroxylation is 2. The van der Waals surface area contributed by atoms with Crippen molar-refractivity contribution in [2.24, 2.45) is 0 Å². The minimum atomic E-state index is -0.266. The predicted octanol–water partition coefficient (Wildman–Crippen LogP) is 1.56. The number of aromatic nitrogens is 3. The van der Waals surface area contributed by atoms with E-state index in [0.29, 0.717) is 22.8 Å². The van der Waals surface area contributed by atoms with Crippen LogP contribution in [0.4, 0.5) is 11.5 Å². The molecule has 1 aliphatic rings. The van der Waals surface area contributed by atoms with Gasteiger partial charge in [-0.2, -0.15) is 0 Å². The van der Waals surface area contributed by atoms with Crippen molar-refractivity contribution >= 4 is 17.4 Å². The second kappa shape index (κ2) is 6.82. The summed E-state index contributed by atoms with van der Waals surface area (Å²) in [7, 11) is 0. The van der Waals surface area contributed by atoms with Gasteiger partial charge in [0.25, 0.3) is 5.56 Å². The summed E-state index contributed by atoms with van der Waals surface area (Å²) in [6.45, 7) is 5.51. The molecule has 0 radical (unpaired) electrons. The number of pyridine rings is 1. The van der Waals surface area contributed by atoms with Crippen molar-refractivity contribution in [1.82, 2.24) is 15.0 Å². The van der Waals surface area contributed by atoms with Crippen LogP contribution < -0.4 is 15.8 Å². The number of amides is 1. The number of nitrogens with zero attached hydrogens (tertiary/aromatic N) is 3. The van der Waals surface area contributed by atoms with Crippen LogP contribution in [0, 0.1) is 13.8 Å². The lowest BCUT2D eigenvalue weighted by atomic mass is 10.1. The SMILES string of the molecule is Cc1nc(C)c(CC(=O)Nc2ccc(N3CCCC3)nc2)c(=O)[nH]1. The summed E-state index contributed by atoms with van der Waals surface area (Å²) in [6.07, 6.45) is 4.02. The first-order valence-electron chi connectivity index (χ1n) is 8.10. The standard InChI is InChI=1S/C17H21N5O2/c1-11-14(17(24)20-12(2)19-11)9-16(23)21-13-5-6-15(18-10-13)22-7-3-4-8-22/h5-6,10H,3-4,7-9H2,1-2H3,(H,21,23)(H,19,20,24). The zero-order chi connectivity index (χ0) is 17.1. The quantitative estimate of drug-likeness (QED) is 0.889. The predicted molar refractivity (Wildman–Crippen MR) is 92.3 cm³/mol. The molecule has 0 aliphatic carbocycles. The van der Waals surface area contributed by atoms with Crippen molar-refractivity contribution in [3.8, 4) is 0 Å². The van der Waals surface area contributed by atoms with Gasteiger partial charge >= 0.3 is 0 Å². The lowest BCUT2D eigenvalue weighted by molar-refractivity contribution is -0.115. The first kappa shape index (κ1) is 16.2. The highest BCUT2D eigenvalue weighted by Gasteiger charge is 2.14. The van der Waals surface area contributed by atoms with Crippen LogP contribution in [0.2, 0.25) is 0 Å². The normalized spacial score (nSPS) is 14.0. The first-order valence-corrected chi connectivity index (χ1v) is 8.10. The second-order valence-electron chi connectivity index (χ2n) is 6.04. The molecule has 0 bridgehead atoms. The van der Waals surface area contributed by atoms with E-state index in [1.165, 1.54) is 12.8 Å². The third kappa shape index (κ3) is 3.61.